The number of nitrogens with one attached hydrogen (secondary N) is 1. The molecule has 0 aromatic heterocycles. The summed E-state index contributed by atoms with van der Waals surface area (Å²) < 4.78 is 10.2. The fraction of sp³-hybridized carbons (Fsp3) is 0.200. The van der Waals surface area contributed by atoms with Crippen LogP contribution in [0.15, 0.2) is 48.5 Å². The standard InChI is InChI=1S/C20H19Cl2NO4/c1-26-18-5-3-2-4-15(18)10-11-23-19(24)13-27-20(25)9-7-14-6-8-16(21)12-17(14)22/h2-9,12H,10-11,13H2,1H3,(H,23,24)/b9-7+. The molecule has 0 radical (unpaired) electrons. The van der Waals surface area contributed by atoms with Crippen LogP contribution in [0.2, 0.25) is 10.0 Å². The molecule has 2 aromatic rings. The van der Waals surface area contributed by atoms with Crippen molar-refractivity contribution in [3.8, 4) is 5.75 Å². The molecule has 7 heteroatoms. The van der Waals surface area contributed by atoms with Crippen molar-refractivity contribution in [3.05, 3.63) is 69.7 Å². The van der Waals surface area contributed by atoms with Crippen molar-refractivity contribution in [3.63, 3.8) is 0 Å². The molecule has 1 N–H and O–H groups in total. The lowest BCUT2D eigenvalue weighted by atomic mass is 10.1. The number of esters is 1. The van der Waals surface area contributed by atoms with Gasteiger partial charge in [0.1, 0.15) is 5.75 Å². The zero-order chi connectivity index (χ0) is 19.6. The molecule has 5 nitrogen and oxygen atoms in total. The van der Waals surface area contributed by atoms with Crippen molar-refractivity contribution < 1.29 is 19.1 Å². The van der Waals surface area contributed by atoms with E-state index in [1.54, 1.807) is 25.3 Å². The number of methoxy groups -OCH3 is 1. The number of hydrogen-bond donors (Lipinski definition) is 1. The van der Waals surface area contributed by atoms with Crippen LogP contribution >= 0.6 is 23.2 Å². The Morgan fingerprint density at radius 1 is 1.15 bits per heavy atom. The second kappa shape index (κ2) is 10.6. The van der Waals surface area contributed by atoms with Crippen LogP contribution in [0.4, 0.5) is 0 Å². The van der Waals surface area contributed by atoms with E-state index >= 15 is 0 Å². The number of rotatable bonds is 8. The first kappa shape index (κ1) is 20.8. The van der Waals surface area contributed by atoms with Crippen LogP contribution in [0.25, 0.3) is 6.08 Å². The van der Waals surface area contributed by atoms with E-state index in [1.807, 2.05) is 24.3 Å². The van der Waals surface area contributed by atoms with E-state index in [9.17, 15) is 9.59 Å². The minimum absolute atomic E-state index is 0.358. The summed E-state index contributed by atoms with van der Waals surface area (Å²) in [4.78, 5) is 23.5. The summed E-state index contributed by atoms with van der Waals surface area (Å²) in [5.74, 6) is -0.249. The minimum atomic E-state index is -0.638. The molecular weight excluding hydrogens is 389 g/mol. The Labute approximate surface area is 167 Å². The summed E-state index contributed by atoms with van der Waals surface area (Å²) in [6, 6.07) is 12.5. The molecule has 0 fully saturated rings. The number of amides is 1. The van der Waals surface area contributed by atoms with Gasteiger partial charge in [0, 0.05) is 22.7 Å². The summed E-state index contributed by atoms with van der Waals surface area (Å²) in [7, 11) is 1.60. The van der Waals surface area contributed by atoms with Crippen molar-refractivity contribution in [1.82, 2.24) is 5.32 Å². The molecule has 0 unspecified atom stereocenters. The summed E-state index contributed by atoms with van der Waals surface area (Å²) in [5.41, 5.74) is 1.61. The second-order valence-electron chi connectivity index (χ2n) is 5.52. The predicted octanol–water partition coefficient (Wildman–Crippen LogP) is 3.92. The van der Waals surface area contributed by atoms with Crippen LogP contribution in [-0.2, 0) is 20.7 Å². The molecular formula is C20H19Cl2NO4. The highest BCUT2D eigenvalue weighted by atomic mass is 35.5. The molecule has 2 aromatic carbocycles. The third kappa shape index (κ3) is 6.96. The Hall–Kier alpha value is -2.50. The number of carbonyl (C=O) groups is 2. The molecule has 0 saturated heterocycles. The number of para-hydroxylation sites is 1. The summed E-state index contributed by atoms with van der Waals surface area (Å²) >= 11 is 11.8. The number of benzene rings is 2. The molecule has 1 amide bonds. The highest BCUT2D eigenvalue weighted by molar-refractivity contribution is 6.35. The molecule has 0 spiro atoms. The molecule has 0 atom stereocenters. The quantitative estimate of drug-likeness (QED) is 0.531. The van der Waals surface area contributed by atoms with Crippen LogP contribution in [0, 0.1) is 0 Å². The zero-order valence-electron chi connectivity index (χ0n) is 14.7. The third-order valence-electron chi connectivity index (χ3n) is 3.62. The van der Waals surface area contributed by atoms with Crippen LogP contribution in [0.5, 0.6) is 5.75 Å². The normalized spacial score (nSPS) is 10.6. The van der Waals surface area contributed by atoms with Gasteiger partial charge >= 0.3 is 5.97 Å². The van der Waals surface area contributed by atoms with Crippen molar-refractivity contribution in [2.24, 2.45) is 0 Å². The Morgan fingerprint density at radius 2 is 1.93 bits per heavy atom. The average molecular weight is 408 g/mol. The number of halogens is 2. The highest BCUT2D eigenvalue weighted by Gasteiger charge is 2.07. The van der Waals surface area contributed by atoms with Gasteiger partial charge in [0.15, 0.2) is 6.61 Å². The fourth-order valence-corrected chi connectivity index (χ4v) is 2.75. The van der Waals surface area contributed by atoms with E-state index in [2.05, 4.69) is 5.32 Å². The van der Waals surface area contributed by atoms with E-state index < -0.39 is 5.97 Å². The fourth-order valence-electron chi connectivity index (χ4n) is 2.28. The lowest BCUT2D eigenvalue weighted by molar-refractivity contribution is -0.143. The van der Waals surface area contributed by atoms with Crippen molar-refractivity contribution in [1.29, 1.82) is 0 Å². The first-order valence-electron chi connectivity index (χ1n) is 8.18. The van der Waals surface area contributed by atoms with Crippen LogP contribution in [0.3, 0.4) is 0 Å². The lowest BCUT2D eigenvalue weighted by Crippen LogP contribution is -2.30. The maximum absolute atomic E-state index is 11.8. The van der Waals surface area contributed by atoms with Gasteiger partial charge in [-0.2, -0.15) is 0 Å². The van der Waals surface area contributed by atoms with Gasteiger partial charge in [-0.15, -0.1) is 0 Å². The van der Waals surface area contributed by atoms with Crippen LogP contribution in [-0.4, -0.2) is 32.1 Å². The monoisotopic (exact) mass is 407 g/mol. The Kier molecular flexibility index (Phi) is 8.17. The number of ether oxygens (including phenoxy) is 2. The zero-order valence-corrected chi connectivity index (χ0v) is 16.2. The summed E-state index contributed by atoms with van der Waals surface area (Å²) in [5, 5.41) is 3.62. The van der Waals surface area contributed by atoms with Gasteiger partial charge in [-0.25, -0.2) is 4.79 Å². The maximum Gasteiger partial charge on any atom is 0.331 e. The molecule has 2 rings (SSSR count). The molecule has 0 bridgehead atoms. The molecule has 0 saturated carbocycles. The Bertz CT molecular complexity index is 836. The van der Waals surface area contributed by atoms with Gasteiger partial charge in [0.25, 0.3) is 5.91 Å². The predicted molar refractivity (Wildman–Crippen MR) is 106 cm³/mol. The van der Waals surface area contributed by atoms with Gasteiger partial charge in [0.05, 0.1) is 7.11 Å². The molecule has 142 valence electrons. The minimum Gasteiger partial charge on any atom is -0.496 e. The summed E-state index contributed by atoms with van der Waals surface area (Å²) in [6.07, 6.45) is 3.32. The topological polar surface area (TPSA) is 64.6 Å². The van der Waals surface area contributed by atoms with Gasteiger partial charge in [-0.3, -0.25) is 4.79 Å². The molecule has 0 aliphatic rings. The van der Waals surface area contributed by atoms with Gasteiger partial charge in [0.2, 0.25) is 0 Å². The van der Waals surface area contributed by atoms with Crippen molar-refractivity contribution >= 4 is 41.2 Å². The van der Waals surface area contributed by atoms with Gasteiger partial charge in [-0.1, -0.05) is 47.5 Å². The number of carbonyl (C=O) groups excluding carboxylic acids is 2. The maximum atomic E-state index is 11.8. The van der Waals surface area contributed by atoms with Crippen molar-refractivity contribution in [2.45, 2.75) is 6.42 Å². The smallest absolute Gasteiger partial charge is 0.331 e. The molecule has 0 heterocycles. The van der Waals surface area contributed by atoms with Crippen LogP contribution < -0.4 is 10.1 Å². The molecule has 0 aliphatic heterocycles. The van der Waals surface area contributed by atoms with Gasteiger partial charge in [-0.05, 0) is 41.8 Å². The van der Waals surface area contributed by atoms with E-state index in [-0.39, 0.29) is 12.5 Å². The third-order valence-corrected chi connectivity index (χ3v) is 4.18. The largest absolute Gasteiger partial charge is 0.496 e. The lowest BCUT2D eigenvalue weighted by Gasteiger charge is -2.09. The molecule has 27 heavy (non-hydrogen) atoms. The first-order valence-corrected chi connectivity index (χ1v) is 8.93. The number of hydrogen-bond acceptors (Lipinski definition) is 4. The van der Waals surface area contributed by atoms with E-state index in [1.165, 1.54) is 12.2 Å². The van der Waals surface area contributed by atoms with Crippen LogP contribution in [0.1, 0.15) is 11.1 Å². The Morgan fingerprint density at radius 3 is 2.67 bits per heavy atom. The second-order valence-corrected chi connectivity index (χ2v) is 6.36. The van der Waals surface area contributed by atoms with E-state index in [4.69, 9.17) is 32.7 Å². The summed E-state index contributed by atoms with van der Waals surface area (Å²) in [6.45, 7) is 0.0520. The first-order chi connectivity index (χ1) is 13.0. The van der Waals surface area contributed by atoms with E-state index in [0.717, 1.165) is 11.3 Å². The highest BCUT2D eigenvalue weighted by Crippen LogP contribution is 2.22. The SMILES string of the molecule is COc1ccccc1CCNC(=O)COC(=O)/C=C/c1ccc(Cl)cc1Cl. The van der Waals surface area contributed by atoms with Gasteiger partial charge < -0.3 is 14.8 Å². The molecule has 0 aliphatic carbocycles. The van der Waals surface area contributed by atoms with E-state index in [0.29, 0.717) is 28.6 Å². The Balaban J connectivity index is 1.73. The average Bonchev–Trinajstić information content (AvgIpc) is 2.66. The van der Waals surface area contributed by atoms with Crippen molar-refractivity contribution in [2.75, 3.05) is 20.3 Å².